The Kier molecular flexibility index (Phi) is 4.93. The molecule has 2 atom stereocenters. The third kappa shape index (κ3) is 3.19. The first-order valence-corrected chi connectivity index (χ1v) is 5.53. The van der Waals surface area contributed by atoms with Crippen molar-refractivity contribution < 1.29 is 38.1 Å². The lowest BCUT2D eigenvalue weighted by Crippen LogP contribution is -3.00. The van der Waals surface area contributed by atoms with E-state index in [1.165, 1.54) is 0 Å². The molecule has 6 heteroatoms. The van der Waals surface area contributed by atoms with E-state index in [-0.39, 0.29) is 42.2 Å². The van der Waals surface area contributed by atoms with Crippen LogP contribution in [0.2, 0.25) is 0 Å². The summed E-state index contributed by atoms with van der Waals surface area (Å²) in [7, 11) is 1.90. The highest BCUT2D eigenvalue weighted by Gasteiger charge is 2.31. The number of carbonyl (C=O) groups is 1. The first-order chi connectivity index (χ1) is 7.58. The lowest BCUT2D eigenvalue weighted by Gasteiger charge is -2.34. The van der Waals surface area contributed by atoms with E-state index in [1.807, 2.05) is 36.6 Å². The van der Waals surface area contributed by atoms with Crippen LogP contribution < -0.4 is 28.5 Å². The second-order valence-corrected chi connectivity index (χ2v) is 4.41. The minimum absolute atomic E-state index is 0. The van der Waals surface area contributed by atoms with Crippen molar-refractivity contribution in [2.45, 2.75) is 26.0 Å². The zero-order chi connectivity index (χ0) is 11.7. The van der Waals surface area contributed by atoms with Crippen molar-refractivity contribution in [3.05, 3.63) is 18.7 Å². The highest BCUT2D eigenvalue weighted by molar-refractivity contribution is 5.76. The molecular weight excluding hydrogens is 333 g/mol. The van der Waals surface area contributed by atoms with E-state index < -0.39 is 0 Å². The second-order valence-electron chi connectivity index (χ2n) is 4.41. The molecule has 0 N–H and O–H groups in total. The molecule has 1 saturated heterocycles. The number of aromatic nitrogens is 2. The van der Waals surface area contributed by atoms with Gasteiger partial charge in [-0.25, -0.2) is 9.36 Å². The molecule has 1 aromatic heterocycles. The van der Waals surface area contributed by atoms with Crippen molar-refractivity contribution in [2.75, 3.05) is 13.2 Å². The number of aryl methyl sites for hydroxylation is 1. The van der Waals surface area contributed by atoms with E-state index in [2.05, 4.69) is 0 Å². The van der Waals surface area contributed by atoms with Crippen LogP contribution in [-0.4, -0.2) is 40.8 Å². The average Bonchev–Trinajstić information content (AvgIpc) is 2.67. The molecule has 2 unspecified atom stereocenters. The smallest absolute Gasteiger partial charge is 0.416 e. The summed E-state index contributed by atoms with van der Waals surface area (Å²) >= 11 is 0. The van der Waals surface area contributed by atoms with Gasteiger partial charge in [0.05, 0.1) is 32.3 Å². The number of amides is 1. The van der Waals surface area contributed by atoms with E-state index in [4.69, 9.17) is 4.74 Å². The Balaban J connectivity index is 0.00000144. The summed E-state index contributed by atoms with van der Waals surface area (Å²) in [6.07, 6.45) is 5.51. The molecule has 1 aliphatic heterocycles. The molecule has 0 radical (unpaired) electrons. The fraction of sp³-hybridized carbons (Fsp3) is 0.636. The maximum Gasteiger partial charge on any atom is 0.416 e. The van der Waals surface area contributed by atoms with Crippen LogP contribution >= 0.6 is 0 Å². The van der Waals surface area contributed by atoms with Gasteiger partial charge in [0.1, 0.15) is 12.4 Å². The van der Waals surface area contributed by atoms with Crippen molar-refractivity contribution in [3.63, 3.8) is 0 Å². The van der Waals surface area contributed by atoms with Crippen LogP contribution in [0.4, 0.5) is 4.79 Å². The van der Waals surface area contributed by atoms with Gasteiger partial charge in [-0.2, -0.15) is 4.57 Å². The number of morpholine rings is 1. The SMILES string of the molecule is CC1CN(C(=O)n2cc[n+](C)c2)C(C)CO1.[I-]. The van der Waals surface area contributed by atoms with Gasteiger partial charge >= 0.3 is 6.03 Å². The Morgan fingerprint density at radius 3 is 2.76 bits per heavy atom. The molecule has 0 aliphatic carbocycles. The van der Waals surface area contributed by atoms with Gasteiger partial charge in [-0.1, -0.05) is 0 Å². The van der Waals surface area contributed by atoms with Crippen LogP contribution in [0.15, 0.2) is 18.7 Å². The van der Waals surface area contributed by atoms with E-state index in [0.717, 1.165) is 0 Å². The van der Waals surface area contributed by atoms with Crippen LogP contribution in [0.25, 0.3) is 0 Å². The number of rotatable bonds is 0. The number of ether oxygens (including phenoxy) is 1. The zero-order valence-electron chi connectivity index (χ0n) is 10.3. The van der Waals surface area contributed by atoms with Crippen molar-refractivity contribution in [3.8, 4) is 0 Å². The Bertz CT molecular complexity index is 394. The van der Waals surface area contributed by atoms with Crippen LogP contribution in [0, 0.1) is 0 Å². The monoisotopic (exact) mass is 351 g/mol. The highest BCUT2D eigenvalue weighted by Crippen LogP contribution is 2.12. The first kappa shape index (κ1) is 14.4. The third-order valence-electron chi connectivity index (χ3n) is 2.84. The molecule has 17 heavy (non-hydrogen) atoms. The van der Waals surface area contributed by atoms with Crippen LogP contribution in [-0.2, 0) is 11.8 Å². The summed E-state index contributed by atoms with van der Waals surface area (Å²) < 4.78 is 8.96. The standard InChI is InChI=1S/C11H18N3O2.HI/c1-9-7-16-10(2)6-14(9)11(15)13-5-4-12(3)8-13;/h4-5,8-10H,6-7H2,1-3H3;1H/q+1;/p-1. The van der Waals surface area contributed by atoms with Crippen molar-refractivity contribution in [1.29, 1.82) is 0 Å². The quantitative estimate of drug-likeness (QED) is 0.380. The lowest BCUT2D eigenvalue weighted by atomic mass is 10.2. The van der Waals surface area contributed by atoms with Gasteiger partial charge in [-0.15, -0.1) is 0 Å². The van der Waals surface area contributed by atoms with E-state index in [0.29, 0.717) is 13.2 Å². The first-order valence-electron chi connectivity index (χ1n) is 5.53. The largest absolute Gasteiger partial charge is 1.00 e. The molecular formula is C11H18IN3O2. The maximum atomic E-state index is 12.2. The molecule has 0 aromatic carbocycles. The maximum absolute atomic E-state index is 12.2. The van der Waals surface area contributed by atoms with Crippen LogP contribution in [0.5, 0.6) is 0 Å². The molecule has 1 fully saturated rings. The van der Waals surface area contributed by atoms with E-state index in [9.17, 15) is 4.79 Å². The predicted octanol–water partition coefficient (Wildman–Crippen LogP) is -2.61. The van der Waals surface area contributed by atoms with Crippen molar-refractivity contribution in [1.82, 2.24) is 9.47 Å². The molecule has 96 valence electrons. The summed E-state index contributed by atoms with van der Waals surface area (Å²) in [6, 6.07) is 0.152. The summed E-state index contributed by atoms with van der Waals surface area (Å²) in [4.78, 5) is 14.0. The number of imidazole rings is 1. The van der Waals surface area contributed by atoms with E-state index >= 15 is 0 Å². The van der Waals surface area contributed by atoms with Gasteiger partial charge in [0, 0.05) is 0 Å². The summed E-state index contributed by atoms with van der Waals surface area (Å²) in [6.45, 7) is 5.26. The highest BCUT2D eigenvalue weighted by atomic mass is 127. The zero-order valence-corrected chi connectivity index (χ0v) is 12.5. The van der Waals surface area contributed by atoms with Gasteiger partial charge in [0.2, 0.25) is 0 Å². The summed E-state index contributed by atoms with van der Waals surface area (Å²) in [5.74, 6) is 0. The van der Waals surface area contributed by atoms with Crippen molar-refractivity contribution in [2.24, 2.45) is 7.05 Å². The fourth-order valence-electron chi connectivity index (χ4n) is 1.88. The summed E-state index contributed by atoms with van der Waals surface area (Å²) in [5.41, 5.74) is 0. The Morgan fingerprint density at radius 1 is 1.47 bits per heavy atom. The number of halogens is 1. The van der Waals surface area contributed by atoms with Gasteiger partial charge in [-0.05, 0) is 13.8 Å². The molecule has 2 rings (SSSR count). The minimum atomic E-state index is 0. The molecule has 1 amide bonds. The van der Waals surface area contributed by atoms with Crippen LogP contribution in [0.3, 0.4) is 0 Å². The van der Waals surface area contributed by atoms with Gasteiger partial charge in [0.15, 0.2) is 0 Å². The van der Waals surface area contributed by atoms with Crippen molar-refractivity contribution >= 4 is 6.03 Å². The lowest BCUT2D eigenvalue weighted by molar-refractivity contribution is -0.670. The van der Waals surface area contributed by atoms with Crippen LogP contribution in [0.1, 0.15) is 13.8 Å². The Hall–Kier alpha value is -0.630. The molecule has 1 aromatic rings. The second kappa shape index (κ2) is 5.81. The Labute approximate surface area is 118 Å². The third-order valence-corrected chi connectivity index (χ3v) is 2.84. The normalized spacial score (nSPS) is 24.3. The van der Waals surface area contributed by atoms with Gasteiger partial charge in [0.25, 0.3) is 6.33 Å². The van der Waals surface area contributed by atoms with Gasteiger partial charge < -0.3 is 28.7 Å². The minimum Gasteiger partial charge on any atom is -1.00 e. The number of hydrogen-bond donors (Lipinski definition) is 0. The summed E-state index contributed by atoms with van der Waals surface area (Å²) in [5, 5.41) is 0. The number of nitrogens with zero attached hydrogens (tertiary/aromatic N) is 3. The molecule has 5 nitrogen and oxygen atoms in total. The average molecular weight is 351 g/mol. The number of hydrogen-bond acceptors (Lipinski definition) is 2. The molecule has 0 spiro atoms. The fourth-order valence-corrected chi connectivity index (χ4v) is 1.88. The molecule has 0 bridgehead atoms. The van der Waals surface area contributed by atoms with Gasteiger partial charge in [-0.3, -0.25) is 4.90 Å². The predicted molar refractivity (Wildman–Crippen MR) is 58.0 cm³/mol. The number of carbonyl (C=O) groups excluding carboxylic acids is 1. The molecule has 2 heterocycles. The van der Waals surface area contributed by atoms with E-state index in [1.54, 1.807) is 17.1 Å². The Morgan fingerprint density at radius 2 is 2.18 bits per heavy atom. The topological polar surface area (TPSA) is 38.4 Å². The molecule has 0 saturated carbocycles. The molecule has 1 aliphatic rings.